The molecule has 10 heteroatoms. The van der Waals surface area contributed by atoms with Gasteiger partial charge in [0.1, 0.15) is 18.5 Å². The van der Waals surface area contributed by atoms with Crippen molar-refractivity contribution in [2.24, 2.45) is 0 Å². The smallest absolute Gasteiger partial charge is 0.261 e. The van der Waals surface area contributed by atoms with Crippen molar-refractivity contribution in [2.75, 3.05) is 24.7 Å². The lowest BCUT2D eigenvalue weighted by Crippen LogP contribution is -2.35. The van der Waals surface area contributed by atoms with Gasteiger partial charge in [-0.1, -0.05) is 12.1 Å². The highest BCUT2D eigenvalue weighted by atomic mass is 32.2. The summed E-state index contributed by atoms with van der Waals surface area (Å²) < 4.78 is 44.1. The third-order valence-corrected chi connectivity index (χ3v) is 6.94. The maximum Gasteiger partial charge on any atom is 0.261 e. The first-order valence-electron chi connectivity index (χ1n) is 10.9. The van der Waals surface area contributed by atoms with E-state index in [0.717, 1.165) is 11.1 Å². The second kappa shape index (κ2) is 10.2. The van der Waals surface area contributed by atoms with Gasteiger partial charge >= 0.3 is 0 Å². The number of anilines is 1. The summed E-state index contributed by atoms with van der Waals surface area (Å²) in [6.07, 6.45) is -0.953. The zero-order valence-electron chi connectivity index (χ0n) is 19.3. The minimum Gasteiger partial charge on any atom is -0.491 e. The number of rotatable bonds is 9. The Kier molecular flexibility index (Phi) is 7.13. The molecule has 0 aromatic heterocycles. The third-order valence-electron chi connectivity index (χ3n) is 5.56. The summed E-state index contributed by atoms with van der Waals surface area (Å²) in [4.78, 5) is 12.5. The molecule has 0 fully saturated rings. The van der Waals surface area contributed by atoms with Crippen molar-refractivity contribution in [3.63, 3.8) is 0 Å². The van der Waals surface area contributed by atoms with E-state index in [4.69, 9.17) is 14.2 Å². The van der Waals surface area contributed by atoms with E-state index >= 15 is 0 Å². The van der Waals surface area contributed by atoms with E-state index in [0.29, 0.717) is 22.9 Å². The number of hydrogen-bond acceptors (Lipinski definition) is 7. The number of fused-ring (bicyclic) bond motifs is 1. The summed E-state index contributed by atoms with van der Waals surface area (Å²) in [5.74, 6) is 1.26. The molecule has 9 nitrogen and oxygen atoms in total. The van der Waals surface area contributed by atoms with E-state index < -0.39 is 22.0 Å². The number of aliphatic hydroxyl groups is 1. The van der Waals surface area contributed by atoms with Gasteiger partial charge in [-0.2, -0.15) is 0 Å². The number of nitrogens with one attached hydrogen (secondary N) is 2. The number of amides is 1. The monoisotopic (exact) mass is 498 g/mol. The standard InChI is InChI=1S/C25H26N2O7S/c1-16-4-3-5-22(17(16)2)27-35(30,31)21-9-6-18(7-10-21)25(29)26-13-19(28)14-32-20-8-11-23-24(12-20)34-15-33-23/h3-12,19,27-28H,13-15H2,1-2H3,(H,26,29). The maximum atomic E-state index is 12.7. The van der Waals surface area contributed by atoms with E-state index in [-0.39, 0.29) is 30.4 Å². The lowest BCUT2D eigenvalue weighted by atomic mass is 10.1. The summed E-state index contributed by atoms with van der Waals surface area (Å²) in [5.41, 5.74) is 2.58. The SMILES string of the molecule is Cc1cccc(NS(=O)(=O)c2ccc(C(=O)NCC(O)COc3ccc4c(c3)OCO4)cc2)c1C. The van der Waals surface area contributed by atoms with Crippen LogP contribution in [0.3, 0.4) is 0 Å². The average Bonchev–Trinajstić information content (AvgIpc) is 3.32. The molecule has 0 aliphatic carbocycles. The molecule has 1 unspecified atom stereocenters. The fourth-order valence-electron chi connectivity index (χ4n) is 3.38. The zero-order chi connectivity index (χ0) is 25.0. The van der Waals surface area contributed by atoms with Crippen LogP contribution in [0.4, 0.5) is 5.69 Å². The van der Waals surface area contributed by atoms with Gasteiger partial charge in [-0.3, -0.25) is 9.52 Å². The molecule has 1 aliphatic rings. The Labute approximate surface area is 203 Å². The van der Waals surface area contributed by atoms with Crippen LogP contribution in [0.15, 0.2) is 65.6 Å². The van der Waals surface area contributed by atoms with Gasteiger partial charge in [-0.15, -0.1) is 0 Å². The van der Waals surface area contributed by atoms with Crippen molar-refractivity contribution in [2.45, 2.75) is 24.8 Å². The second-order valence-corrected chi connectivity index (χ2v) is 9.75. The Balaban J connectivity index is 1.29. The van der Waals surface area contributed by atoms with Crippen LogP contribution in [0.25, 0.3) is 0 Å². The molecule has 184 valence electrons. The number of aryl methyl sites for hydroxylation is 1. The van der Waals surface area contributed by atoms with Gasteiger partial charge in [-0.25, -0.2) is 8.42 Å². The van der Waals surface area contributed by atoms with Crippen molar-refractivity contribution in [3.8, 4) is 17.2 Å². The van der Waals surface area contributed by atoms with E-state index in [1.165, 1.54) is 24.3 Å². The molecule has 3 N–H and O–H groups in total. The van der Waals surface area contributed by atoms with Gasteiger partial charge < -0.3 is 24.6 Å². The van der Waals surface area contributed by atoms with E-state index in [9.17, 15) is 18.3 Å². The number of benzene rings is 3. The summed E-state index contributed by atoms with van der Waals surface area (Å²) in [6.45, 7) is 3.82. The normalized spacial score (nSPS) is 13.2. The van der Waals surface area contributed by atoms with Crippen LogP contribution in [-0.2, 0) is 10.0 Å². The molecule has 0 saturated heterocycles. The van der Waals surface area contributed by atoms with Crippen molar-refractivity contribution in [3.05, 3.63) is 77.4 Å². The molecule has 0 spiro atoms. The largest absolute Gasteiger partial charge is 0.491 e. The Morgan fingerprint density at radius 1 is 1.06 bits per heavy atom. The quantitative estimate of drug-likeness (QED) is 0.414. The van der Waals surface area contributed by atoms with Gasteiger partial charge in [0.15, 0.2) is 11.5 Å². The number of carbonyl (C=O) groups excluding carboxylic acids is 1. The lowest BCUT2D eigenvalue weighted by Gasteiger charge is -2.14. The number of sulfonamides is 1. The Hall–Kier alpha value is -3.76. The summed E-state index contributed by atoms with van der Waals surface area (Å²) in [5, 5.41) is 12.8. The molecule has 1 amide bonds. The second-order valence-electron chi connectivity index (χ2n) is 8.07. The molecule has 1 heterocycles. The number of aliphatic hydroxyl groups excluding tert-OH is 1. The number of hydrogen-bond donors (Lipinski definition) is 3. The van der Waals surface area contributed by atoms with Crippen LogP contribution in [0.1, 0.15) is 21.5 Å². The first-order valence-corrected chi connectivity index (χ1v) is 12.4. The van der Waals surface area contributed by atoms with Gasteiger partial charge in [0.2, 0.25) is 6.79 Å². The molecule has 0 bridgehead atoms. The highest BCUT2D eigenvalue weighted by Gasteiger charge is 2.18. The molecule has 1 aliphatic heterocycles. The first kappa shape index (κ1) is 24.4. The predicted molar refractivity (Wildman–Crippen MR) is 130 cm³/mol. The van der Waals surface area contributed by atoms with Crippen molar-refractivity contribution < 1.29 is 32.5 Å². The molecular weight excluding hydrogens is 472 g/mol. The molecule has 3 aromatic rings. The van der Waals surface area contributed by atoms with Crippen LogP contribution in [0.5, 0.6) is 17.2 Å². The Bertz CT molecular complexity index is 1320. The van der Waals surface area contributed by atoms with Crippen LogP contribution in [0.2, 0.25) is 0 Å². The molecule has 0 radical (unpaired) electrons. The number of ether oxygens (including phenoxy) is 3. The average molecular weight is 499 g/mol. The molecule has 4 rings (SSSR count). The Morgan fingerprint density at radius 2 is 1.80 bits per heavy atom. The summed E-state index contributed by atoms with van der Waals surface area (Å²) >= 11 is 0. The van der Waals surface area contributed by atoms with E-state index in [2.05, 4.69) is 10.0 Å². The predicted octanol–water partition coefficient (Wildman–Crippen LogP) is 3.00. The molecule has 35 heavy (non-hydrogen) atoms. The molecule has 0 saturated carbocycles. The maximum absolute atomic E-state index is 12.7. The lowest BCUT2D eigenvalue weighted by molar-refractivity contribution is 0.0843. The summed E-state index contributed by atoms with van der Waals surface area (Å²) in [7, 11) is -3.81. The number of carbonyl (C=O) groups is 1. The van der Waals surface area contributed by atoms with Crippen LogP contribution >= 0.6 is 0 Å². The molecular formula is C25H26N2O7S. The van der Waals surface area contributed by atoms with Crippen molar-refractivity contribution in [1.29, 1.82) is 0 Å². The van der Waals surface area contributed by atoms with Crippen LogP contribution in [-0.4, -0.2) is 45.5 Å². The Morgan fingerprint density at radius 3 is 2.57 bits per heavy atom. The van der Waals surface area contributed by atoms with E-state index in [1.54, 1.807) is 30.3 Å². The highest BCUT2D eigenvalue weighted by molar-refractivity contribution is 7.92. The van der Waals surface area contributed by atoms with Crippen molar-refractivity contribution >= 4 is 21.6 Å². The van der Waals surface area contributed by atoms with Crippen LogP contribution in [0, 0.1) is 13.8 Å². The first-order chi connectivity index (χ1) is 16.7. The molecule has 1 atom stereocenters. The van der Waals surface area contributed by atoms with Gasteiger partial charge in [0, 0.05) is 18.2 Å². The fourth-order valence-corrected chi connectivity index (χ4v) is 4.50. The summed E-state index contributed by atoms with van der Waals surface area (Å²) in [6, 6.07) is 16.0. The van der Waals surface area contributed by atoms with E-state index in [1.807, 2.05) is 19.9 Å². The fraction of sp³-hybridized carbons (Fsp3) is 0.240. The minimum atomic E-state index is -3.81. The van der Waals surface area contributed by atoms with Gasteiger partial charge in [0.25, 0.3) is 15.9 Å². The topological polar surface area (TPSA) is 123 Å². The van der Waals surface area contributed by atoms with Crippen LogP contribution < -0.4 is 24.2 Å². The minimum absolute atomic E-state index is 0.0344. The third kappa shape index (κ3) is 5.84. The van der Waals surface area contributed by atoms with Gasteiger partial charge in [-0.05, 0) is 67.4 Å². The zero-order valence-corrected chi connectivity index (χ0v) is 20.1. The van der Waals surface area contributed by atoms with Crippen molar-refractivity contribution in [1.82, 2.24) is 5.32 Å². The highest BCUT2D eigenvalue weighted by Crippen LogP contribution is 2.35. The van der Waals surface area contributed by atoms with Gasteiger partial charge in [0.05, 0.1) is 10.6 Å². The molecule has 3 aromatic carbocycles.